The van der Waals surface area contributed by atoms with Crippen molar-refractivity contribution in [2.24, 2.45) is 5.92 Å². The summed E-state index contributed by atoms with van der Waals surface area (Å²) in [4.78, 5) is 0. The lowest BCUT2D eigenvalue weighted by Gasteiger charge is -2.27. The minimum absolute atomic E-state index is 0.00677. The summed E-state index contributed by atoms with van der Waals surface area (Å²) in [5.41, 5.74) is 1.59. The van der Waals surface area contributed by atoms with E-state index in [2.05, 4.69) is 6.92 Å². The molecule has 0 aliphatic heterocycles. The highest BCUT2D eigenvalue weighted by molar-refractivity contribution is 5.79. The third kappa shape index (κ3) is 3.51. The van der Waals surface area contributed by atoms with Gasteiger partial charge in [-0.1, -0.05) is 44.1 Å². The fourth-order valence-electron chi connectivity index (χ4n) is 4.92. The molecule has 2 aliphatic rings. The molecule has 0 saturated heterocycles. The molecule has 4 heteroatoms. The van der Waals surface area contributed by atoms with E-state index in [9.17, 15) is 13.2 Å². The van der Waals surface area contributed by atoms with Crippen molar-refractivity contribution in [2.45, 2.75) is 64.7 Å². The number of benzene rings is 2. The predicted octanol–water partition coefficient (Wildman–Crippen LogP) is 7.62. The van der Waals surface area contributed by atoms with Gasteiger partial charge in [0.1, 0.15) is 0 Å². The Labute approximate surface area is 169 Å². The maximum atomic E-state index is 15.1. The number of allylic oxidation sites excluding steroid dienone is 2. The molecule has 0 spiro atoms. The lowest BCUT2D eigenvalue weighted by atomic mass is 9.78. The van der Waals surface area contributed by atoms with Gasteiger partial charge in [-0.25, -0.2) is 17.6 Å². The molecule has 0 radical (unpaired) electrons. The van der Waals surface area contributed by atoms with Gasteiger partial charge in [-0.15, -0.1) is 0 Å². The number of hydrogen-bond donors (Lipinski definition) is 0. The van der Waals surface area contributed by atoms with Crippen LogP contribution in [0.4, 0.5) is 17.6 Å². The third-order valence-corrected chi connectivity index (χ3v) is 6.58. The van der Waals surface area contributed by atoms with E-state index in [0.717, 1.165) is 25.7 Å². The van der Waals surface area contributed by atoms with Gasteiger partial charge in [-0.2, -0.15) is 0 Å². The smallest absolute Gasteiger partial charge is 0.167 e. The molecule has 154 valence electrons. The number of fused-ring (bicyclic) bond motifs is 3. The molecular formula is C25H26F4. The van der Waals surface area contributed by atoms with E-state index >= 15 is 4.39 Å². The molecule has 0 unspecified atom stereocenters. The van der Waals surface area contributed by atoms with Gasteiger partial charge in [0.15, 0.2) is 23.3 Å². The van der Waals surface area contributed by atoms with E-state index in [-0.39, 0.29) is 22.6 Å². The van der Waals surface area contributed by atoms with Crippen LogP contribution < -0.4 is 0 Å². The summed E-state index contributed by atoms with van der Waals surface area (Å²) >= 11 is 0. The molecule has 0 heterocycles. The van der Waals surface area contributed by atoms with Gasteiger partial charge in [0, 0.05) is 11.1 Å². The molecule has 2 aromatic rings. The van der Waals surface area contributed by atoms with Crippen LogP contribution in [0.1, 0.15) is 74.1 Å². The second-order valence-electron chi connectivity index (χ2n) is 8.57. The van der Waals surface area contributed by atoms with Crippen molar-refractivity contribution in [3.63, 3.8) is 0 Å². The van der Waals surface area contributed by atoms with Gasteiger partial charge in [0.05, 0.1) is 0 Å². The first-order valence-electron chi connectivity index (χ1n) is 10.5. The molecular weight excluding hydrogens is 376 g/mol. The first kappa shape index (κ1) is 20.2. The lowest BCUT2D eigenvalue weighted by molar-refractivity contribution is 0.339. The first-order valence-corrected chi connectivity index (χ1v) is 10.5. The molecule has 2 aromatic carbocycles. The molecule has 0 bridgehead atoms. The van der Waals surface area contributed by atoms with Crippen LogP contribution in [0, 0.1) is 29.2 Å². The van der Waals surface area contributed by atoms with Crippen molar-refractivity contribution in [3.05, 3.63) is 69.8 Å². The van der Waals surface area contributed by atoms with Gasteiger partial charge in [0.25, 0.3) is 0 Å². The summed E-state index contributed by atoms with van der Waals surface area (Å²) in [6.07, 6.45) is 8.71. The Kier molecular flexibility index (Phi) is 5.54. The second-order valence-corrected chi connectivity index (χ2v) is 8.57. The van der Waals surface area contributed by atoms with E-state index in [1.165, 1.54) is 0 Å². The Morgan fingerprint density at radius 3 is 2.14 bits per heavy atom. The molecule has 0 aromatic heterocycles. The predicted molar refractivity (Wildman–Crippen MR) is 108 cm³/mol. The number of rotatable bonds is 4. The van der Waals surface area contributed by atoms with E-state index in [1.54, 1.807) is 12.1 Å². The van der Waals surface area contributed by atoms with E-state index in [1.807, 2.05) is 19.1 Å². The Morgan fingerprint density at radius 1 is 0.862 bits per heavy atom. The van der Waals surface area contributed by atoms with E-state index in [4.69, 9.17) is 0 Å². The van der Waals surface area contributed by atoms with Gasteiger partial charge in [-0.3, -0.25) is 0 Å². The van der Waals surface area contributed by atoms with Crippen LogP contribution in [0.2, 0.25) is 0 Å². The second kappa shape index (κ2) is 7.97. The summed E-state index contributed by atoms with van der Waals surface area (Å²) in [6.45, 7) is 4.05. The van der Waals surface area contributed by atoms with Crippen LogP contribution in [0.3, 0.4) is 0 Å². The van der Waals surface area contributed by atoms with Crippen molar-refractivity contribution >= 4 is 0 Å². The van der Waals surface area contributed by atoms with Crippen LogP contribution in [-0.2, 0) is 12.8 Å². The molecule has 29 heavy (non-hydrogen) atoms. The zero-order valence-corrected chi connectivity index (χ0v) is 16.9. The zero-order chi connectivity index (χ0) is 20.7. The molecule has 2 aliphatic carbocycles. The maximum Gasteiger partial charge on any atom is 0.167 e. The van der Waals surface area contributed by atoms with Crippen molar-refractivity contribution in [1.82, 2.24) is 0 Å². The zero-order valence-electron chi connectivity index (χ0n) is 16.9. The molecule has 1 fully saturated rings. The molecule has 0 amide bonds. The number of halogens is 4. The van der Waals surface area contributed by atoms with Crippen LogP contribution in [0.25, 0.3) is 11.1 Å². The van der Waals surface area contributed by atoms with Gasteiger partial charge < -0.3 is 0 Å². The van der Waals surface area contributed by atoms with Crippen molar-refractivity contribution in [1.29, 1.82) is 0 Å². The average molecular weight is 402 g/mol. The molecule has 1 saturated carbocycles. The van der Waals surface area contributed by atoms with Crippen molar-refractivity contribution < 1.29 is 17.6 Å². The topological polar surface area (TPSA) is 0 Å². The fraction of sp³-hybridized carbons (Fsp3) is 0.440. The maximum absolute atomic E-state index is 15.1. The largest absolute Gasteiger partial charge is 0.203 e. The van der Waals surface area contributed by atoms with Gasteiger partial charge in [0.2, 0.25) is 0 Å². The summed E-state index contributed by atoms with van der Waals surface area (Å²) in [7, 11) is 0. The van der Waals surface area contributed by atoms with Crippen molar-refractivity contribution in [3.8, 4) is 11.1 Å². The minimum atomic E-state index is -1.06. The standard InChI is InChI=1S/C25H26F4/c1-3-4-5-6-16-11-17-12-18-13-19(15-9-7-14(2)8-10-15)23(27)25(29)21(18)20(17)24(28)22(16)26/h3-4,11,13-15H,5-10,12H2,1-2H3/b4-3+. The van der Waals surface area contributed by atoms with Gasteiger partial charge >= 0.3 is 0 Å². The summed E-state index contributed by atoms with van der Waals surface area (Å²) in [5.74, 6) is -3.34. The lowest BCUT2D eigenvalue weighted by Crippen LogP contribution is -2.13. The Hall–Kier alpha value is -2.10. The SMILES string of the molecule is C/C=C/CCc1cc2c(c(F)c1F)-c1c(cc(C3CCC(C)CC3)c(F)c1F)C2. The summed E-state index contributed by atoms with van der Waals surface area (Å²) in [5, 5.41) is 0. The summed E-state index contributed by atoms with van der Waals surface area (Å²) in [6, 6.07) is 3.32. The quantitative estimate of drug-likeness (QED) is 0.311. The highest BCUT2D eigenvalue weighted by Gasteiger charge is 2.33. The first-order chi connectivity index (χ1) is 13.9. The highest BCUT2D eigenvalue weighted by Crippen LogP contribution is 2.46. The molecule has 0 nitrogen and oxygen atoms in total. The van der Waals surface area contributed by atoms with Gasteiger partial charge in [-0.05, 0) is 73.1 Å². The third-order valence-electron chi connectivity index (χ3n) is 6.58. The number of hydrogen-bond acceptors (Lipinski definition) is 0. The molecule has 0 atom stereocenters. The Bertz CT molecular complexity index is 966. The normalized spacial score (nSPS) is 20.9. The van der Waals surface area contributed by atoms with Crippen molar-refractivity contribution in [2.75, 3.05) is 0 Å². The van der Waals surface area contributed by atoms with E-state index < -0.39 is 23.3 Å². The molecule has 0 N–H and O–H groups in total. The minimum Gasteiger partial charge on any atom is -0.203 e. The Balaban J connectivity index is 1.75. The summed E-state index contributed by atoms with van der Waals surface area (Å²) < 4.78 is 59.5. The van der Waals surface area contributed by atoms with Crippen LogP contribution >= 0.6 is 0 Å². The fourth-order valence-corrected chi connectivity index (χ4v) is 4.92. The monoisotopic (exact) mass is 402 g/mol. The van der Waals surface area contributed by atoms with Crippen LogP contribution in [-0.4, -0.2) is 0 Å². The molecule has 4 rings (SSSR count). The average Bonchev–Trinajstić information content (AvgIpc) is 3.08. The van der Waals surface area contributed by atoms with Crippen LogP contribution in [0.15, 0.2) is 24.3 Å². The van der Waals surface area contributed by atoms with Crippen LogP contribution in [0.5, 0.6) is 0 Å². The number of aryl methyl sites for hydroxylation is 1. The Morgan fingerprint density at radius 2 is 1.48 bits per heavy atom. The highest BCUT2D eigenvalue weighted by atomic mass is 19.2. The van der Waals surface area contributed by atoms with E-state index in [0.29, 0.717) is 41.9 Å².